The number of nitrogens with two attached hydrogens (primary N) is 1. The van der Waals surface area contributed by atoms with Gasteiger partial charge in [0.25, 0.3) is 11.9 Å². The summed E-state index contributed by atoms with van der Waals surface area (Å²) in [6, 6.07) is 3.70. The van der Waals surface area contributed by atoms with Crippen molar-refractivity contribution >= 4 is 23.4 Å². The second-order valence-electron chi connectivity index (χ2n) is 7.67. The number of aromatic nitrogens is 2. The summed E-state index contributed by atoms with van der Waals surface area (Å²) in [7, 11) is 0. The Kier molecular flexibility index (Phi) is 6.07. The number of anilines is 2. The maximum absolute atomic E-state index is 14.7. The van der Waals surface area contributed by atoms with Gasteiger partial charge in [-0.05, 0) is 44.0 Å². The van der Waals surface area contributed by atoms with E-state index in [0.717, 1.165) is 25.1 Å². The van der Waals surface area contributed by atoms with Crippen molar-refractivity contribution in [1.29, 1.82) is 0 Å². The molecule has 1 aliphatic heterocycles. The van der Waals surface area contributed by atoms with Gasteiger partial charge in [0, 0.05) is 17.3 Å². The molecule has 1 fully saturated rings. The number of benzene rings is 1. The molecule has 0 bridgehead atoms. The summed E-state index contributed by atoms with van der Waals surface area (Å²) in [5.74, 6) is -1.28. The smallest absolute Gasteiger partial charge is 0.288 e. The number of amidine groups is 1. The average Bonchev–Trinajstić information content (AvgIpc) is 3.58. The number of nitrogens with zero attached hydrogens (tertiary/aromatic N) is 3. The van der Waals surface area contributed by atoms with Crippen molar-refractivity contribution in [2.75, 3.05) is 24.2 Å². The van der Waals surface area contributed by atoms with Gasteiger partial charge in [0.2, 0.25) is 12.7 Å². The first-order valence-electron chi connectivity index (χ1n) is 10.1. The van der Waals surface area contributed by atoms with E-state index >= 15 is 0 Å². The fraction of sp³-hybridized carbons (Fsp3) is 0.333. The highest BCUT2D eigenvalue weighted by atomic mass is 19.1. The third kappa shape index (κ3) is 4.99. The standard InChI is InChI=1S/C21H21F3N6O3/c1-21(7-13(8-22)33-20(25)30-21)14-6-12(4-5-15(14)24)28-19(31)17-18(27-11-2-3-11)29-16(9-26-17)32-10-23/h4-7,9,11H,2-3,8,10H2,1H3,(H2,25,30)(H,27,29)(H,28,31)/t21-/m0/s1. The minimum Gasteiger partial charge on any atom is -0.445 e. The Balaban J connectivity index is 1.62. The van der Waals surface area contributed by atoms with Gasteiger partial charge in [0.1, 0.15) is 23.8 Å². The Morgan fingerprint density at radius 2 is 2.15 bits per heavy atom. The van der Waals surface area contributed by atoms with Crippen LogP contribution in [0.2, 0.25) is 0 Å². The topological polar surface area (TPSA) is 124 Å². The highest BCUT2D eigenvalue weighted by Gasteiger charge is 2.33. The van der Waals surface area contributed by atoms with Crippen LogP contribution in [-0.2, 0) is 10.3 Å². The lowest BCUT2D eigenvalue weighted by Gasteiger charge is -2.28. The van der Waals surface area contributed by atoms with Crippen LogP contribution in [0.5, 0.6) is 5.88 Å². The van der Waals surface area contributed by atoms with E-state index in [4.69, 9.17) is 15.2 Å². The first-order chi connectivity index (χ1) is 15.8. The molecule has 174 valence electrons. The third-order valence-electron chi connectivity index (χ3n) is 5.01. The molecule has 4 rings (SSSR count). The number of rotatable bonds is 8. The minimum absolute atomic E-state index is 0.0434. The minimum atomic E-state index is -1.35. The molecular formula is C21H21F3N6O3. The van der Waals surface area contributed by atoms with Gasteiger partial charge >= 0.3 is 0 Å². The van der Waals surface area contributed by atoms with Crippen LogP contribution < -0.4 is 21.1 Å². The molecule has 4 N–H and O–H groups in total. The van der Waals surface area contributed by atoms with Crippen molar-refractivity contribution in [3.05, 3.63) is 53.3 Å². The fourth-order valence-corrected chi connectivity index (χ4v) is 3.33. The summed E-state index contributed by atoms with van der Waals surface area (Å²) in [6.45, 7) is -0.493. The molecule has 1 aliphatic carbocycles. The maximum atomic E-state index is 14.7. The van der Waals surface area contributed by atoms with Gasteiger partial charge in [-0.3, -0.25) is 4.79 Å². The number of amides is 1. The lowest BCUT2D eigenvalue weighted by atomic mass is 9.90. The van der Waals surface area contributed by atoms with E-state index in [1.807, 2.05) is 0 Å². The Morgan fingerprint density at radius 1 is 1.36 bits per heavy atom. The molecule has 1 saturated carbocycles. The van der Waals surface area contributed by atoms with Gasteiger partial charge in [-0.1, -0.05) is 0 Å². The monoisotopic (exact) mass is 462 g/mol. The van der Waals surface area contributed by atoms with Crippen molar-refractivity contribution in [1.82, 2.24) is 9.97 Å². The Morgan fingerprint density at radius 3 is 2.85 bits per heavy atom. The zero-order valence-corrected chi connectivity index (χ0v) is 17.6. The van der Waals surface area contributed by atoms with E-state index in [2.05, 4.69) is 25.6 Å². The first kappa shape index (κ1) is 22.4. The molecule has 1 atom stereocenters. The van der Waals surface area contributed by atoms with E-state index in [9.17, 15) is 18.0 Å². The molecule has 0 unspecified atom stereocenters. The van der Waals surface area contributed by atoms with Crippen molar-refractivity contribution in [3.8, 4) is 5.88 Å². The molecule has 1 aromatic carbocycles. The van der Waals surface area contributed by atoms with Gasteiger partial charge in [-0.25, -0.2) is 23.1 Å². The molecule has 12 heteroatoms. The molecule has 0 spiro atoms. The molecule has 9 nitrogen and oxygen atoms in total. The van der Waals surface area contributed by atoms with Gasteiger partial charge in [0.05, 0.1) is 6.20 Å². The largest absolute Gasteiger partial charge is 0.445 e. The van der Waals surface area contributed by atoms with Gasteiger partial charge in [-0.15, -0.1) is 0 Å². The molecule has 2 aromatic rings. The quantitative estimate of drug-likeness (QED) is 0.551. The summed E-state index contributed by atoms with van der Waals surface area (Å²) in [5.41, 5.74) is 4.51. The Bertz CT molecular complexity index is 1140. The molecular weight excluding hydrogens is 441 g/mol. The summed E-state index contributed by atoms with van der Waals surface area (Å²) >= 11 is 0. The number of halogens is 3. The third-order valence-corrected chi connectivity index (χ3v) is 5.01. The molecule has 1 amide bonds. The van der Waals surface area contributed by atoms with E-state index in [-0.39, 0.29) is 46.5 Å². The lowest BCUT2D eigenvalue weighted by Crippen LogP contribution is -2.31. The van der Waals surface area contributed by atoms with E-state index in [0.29, 0.717) is 0 Å². The summed E-state index contributed by atoms with van der Waals surface area (Å²) in [4.78, 5) is 25.2. The summed E-state index contributed by atoms with van der Waals surface area (Å²) in [6.07, 6.45) is 4.25. The average molecular weight is 462 g/mol. The molecule has 1 aromatic heterocycles. The predicted octanol–water partition coefficient (Wildman–Crippen LogP) is 3.16. The highest BCUT2D eigenvalue weighted by molar-refractivity contribution is 6.06. The zero-order chi connectivity index (χ0) is 23.6. The second kappa shape index (κ2) is 8.96. The van der Waals surface area contributed by atoms with Crippen LogP contribution in [-0.4, -0.2) is 41.5 Å². The van der Waals surface area contributed by atoms with Crippen LogP contribution in [0.25, 0.3) is 0 Å². The van der Waals surface area contributed by atoms with E-state index < -0.39 is 30.8 Å². The Hall–Kier alpha value is -3.83. The molecule has 0 saturated heterocycles. The number of allylic oxidation sites excluding steroid dienone is 1. The highest BCUT2D eigenvalue weighted by Crippen LogP contribution is 2.35. The number of ether oxygens (including phenoxy) is 2. The first-order valence-corrected chi connectivity index (χ1v) is 10.1. The van der Waals surface area contributed by atoms with Crippen LogP contribution in [0.4, 0.5) is 24.7 Å². The number of carbonyl (C=O) groups excluding carboxylic acids is 1. The van der Waals surface area contributed by atoms with Crippen LogP contribution in [0.15, 0.2) is 41.2 Å². The fourth-order valence-electron chi connectivity index (χ4n) is 3.33. The normalized spacial score (nSPS) is 19.8. The Labute approximate surface area is 186 Å². The zero-order valence-electron chi connectivity index (χ0n) is 17.6. The van der Waals surface area contributed by atoms with Crippen molar-refractivity contribution < 1.29 is 27.4 Å². The van der Waals surface area contributed by atoms with Gasteiger partial charge in [0.15, 0.2) is 11.5 Å². The number of hydrogen-bond donors (Lipinski definition) is 3. The van der Waals surface area contributed by atoms with Crippen molar-refractivity contribution in [2.45, 2.75) is 31.3 Å². The van der Waals surface area contributed by atoms with E-state index in [1.165, 1.54) is 25.1 Å². The summed E-state index contributed by atoms with van der Waals surface area (Å²) < 4.78 is 50.0. The molecule has 2 aliphatic rings. The van der Waals surface area contributed by atoms with Crippen LogP contribution in [0.3, 0.4) is 0 Å². The SMILES string of the molecule is C[C@@]1(c2cc(NC(=O)c3ncc(OCF)nc3NC3CC3)ccc2F)C=C(CF)OC(N)=N1. The van der Waals surface area contributed by atoms with Gasteiger partial charge in [-0.2, -0.15) is 4.98 Å². The van der Waals surface area contributed by atoms with Crippen LogP contribution in [0.1, 0.15) is 35.8 Å². The van der Waals surface area contributed by atoms with Crippen LogP contribution in [0, 0.1) is 5.82 Å². The lowest BCUT2D eigenvalue weighted by molar-refractivity contribution is 0.102. The molecule has 0 radical (unpaired) electrons. The number of carbonyl (C=O) groups is 1. The summed E-state index contributed by atoms with van der Waals surface area (Å²) in [5, 5.41) is 5.69. The molecule has 33 heavy (non-hydrogen) atoms. The van der Waals surface area contributed by atoms with Crippen molar-refractivity contribution in [3.63, 3.8) is 0 Å². The van der Waals surface area contributed by atoms with Gasteiger partial charge < -0.3 is 25.8 Å². The van der Waals surface area contributed by atoms with Crippen molar-refractivity contribution in [2.24, 2.45) is 10.7 Å². The maximum Gasteiger partial charge on any atom is 0.288 e. The molecule has 2 heterocycles. The number of aliphatic imine (C=N–C) groups is 1. The number of nitrogens with one attached hydrogen (secondary N) is 2. The number of alkyl halides is 2. The van der Waals surface area contributed by atoms with Crippen LogP contribution >= 0.6 is 0 Å². The van der Waals surface area contributed by atoms with E-state index in [1.54, 1.807) is 0 Å². The second-order valence-corrected chi connectivity index (χ2v) is 7.67. The predicted molar refractivity (Wildman–Crippen MR) is 114 cm³/mol. The number of hydrogen-bond acceptors (Lipinski definition) is 8.